The van der Waals surface area contributed by atoms with Crippen LogP contribution >= 0.6 is 0 Å². The second kappa shape index (κ2) is 30.0. The SMILES string of the molecule is CCCCCCCC/C=C\CCCCCCCCOCC(CN1CCCC1C)OCCCOCCCO[C@H]1CC[C@@]2(C)C(=CC[C@H]3[C@@H]4CC[C@H]([C@H](C)CCCC(C)C)[C@@]4(C)CC[C@@H]32)C1. The summed E-state index contributed by atoms with van der Waals surface area (Å²) in [6, 6.07) is 0.657. The molecule has 4 fully saturated rings. The molecule has 2 unspecified atom stereocenters. The molecule has 5 aliphatic rings. The molecule has 372 valence electrons. The lowest BCUT2D eigenvalue weighted by atomic mass is 9.47. The Kier molecular flexibility index (Phi) is 25.4. The number of unbranched alkanes of at least 4 members (excludes halogenated alkanes) is 12. The Hall–Kier alpha value is -0.720. The van der Waals surface area contributed by atoms with Crippen molar-refractivity contribution in [1.29, 1.82) is 0 Å². The van der Waals surface area contributed by atoms with Gasteiger partial charge in [-0.15, -0.1) is 0 Å². The highest BCUT2D eigenvalue weighted by Crippen LogP contribution is 2.67. The molecule has 0 amide bonds. The van der Waals surface area contributed by atoms with E-state index in [9.17, 15) is 0 Å². The molecule has 0 aromatic heterocycles. The third-order valence-electron chi connectivity index (χ3n) is 18.1. The molecule has 10 atom stereocenters. The van der Waals surface area contributed by atoms with E-state index in [1.165, 1.54) is 173 Å². The summed E-state index contributed by atoms with van der Waals surface area (Å²) in [5.41, 5.74) is 2.73. The van der Waals surface area contributed by atoms with Crippen molar-refractivity contribution in [3.05, 3.63) is 23.8 Å². The van der Waals surface area contributed by atoms with Crippen LogP contribution in [0.25, 0.3) is 0 Å². The van der Waals surface area contributed by atoms with E-state index in [1.807, 2.05) is 0 Å². The second-order valence-electron chi connectivity index (χ2n) is 23.3. The van der Waals surface area contributed by atoms with Crippen molar-refractivity contribution in [2.75, 3.05) is 52.7 Å². The van der Waals surface area contributed by atoms with Crippen LogP contribution in [-0.4, -0.2) is 75.9 Å². The van der Waals surface area contributed by atoms with Crippen molar-refractivity contribution in [3.8, 4) is 0 Å². The highest BCUT2D eigenvalue weighted by atomic mass is 16.5. The van der Waals surface area contributed by atoms with Crippen LogP contribution in [0.15, 0.2) is 23.8 Å². The maximum Gasteiger partial charge on any atom is 0.0935 e. The van der Waals surface area contributed by atoms with Crippen molar-refractivity contribution in [2.24, 2.45) is 46.3 Å². The molecule has 1 saturated heterocycles. The summed E-state index contributed by atoms with van der Waals surface area (Å²) in [6.45, 7) is 24.3. The number of allylic oxidation sites excluding steroid dienone is 3. The van der Waals surface area contributed by atoms with Crippen LogP contribution in [0.1, 0.15) is 235 Å². The first-order valence-electron chi connectivity index (χ1n) is 28.6. The fourth-order valence-corrected chi connectivity index (χ4v) is 14.1. The third kappa shape index (κ3) is 17.4. The van der Waals surface area contributed by atoms with Crippen LogP contribution in [0.3, 0.4) is 0 Å². The summed E-state index contributed by atoms with van der Waals surface area (Å²) in [5, 5.41) is 0. The number of nitrogens with zero attached hydrogens (tertiary/aromatic N) is 1. The van der Waals surface area contributed by atoms with E-state index in [4.69, 9.17) is 18.9 Å². The maximum absolute atomic E-state index is 6.56. The monoisotopic (exact) mass is 894 g/mol. The molecule has 0 radical (unpaired) electrons. The van der Waals surface area contributed by atoms with Crippen molar-refractivity contribution in [2.45, 2.75) is 253 Å². The second-order valence-corrected chi connectivity index (χ2v) is 23.3. The first-order chi connectivity index (χ1) is 31.2. The smallest absolute Gasteiger partial charge is 0.0935 e. The summed E-state index contributed by atoms with van der Waals surface area (Å²) in [5.74, 6) is 5.41. The van der Waals surface area contributed by atoms with Gasteiger partial charge in [0.1, 0.15) is 0 Å². The molecule has 5 rings (SSSR count). The van der Waals surface area contributed by atoms with Crippen molar-refractivity contribution in [1.82, 2.24) is 4.90 Å². The van der Waals surface area contributed by atoms with Gasteiger partial charge in [0.25, 0.3) is 0 Å². The molecule has 0 aromatic rings. The number of hydrogen-bond acceptors (Lipinski definition) is 5. The molecule has 3 saturated carbocycles. The van der Waals surface area contributed by atoms with Crippen molar-refractivity contribution in [3.63, 3.8) is 0 Å². The van der Waals surface area contributed by atoms with E-state index in [1.54, 1.807) is 5.57 Å². The number of hydrogen-bond donors (Lipinski definition) is 0. The topological polar surface area (TPSA) is 40.2 Å². The van der Waals surface area contributed by atoms with E-state index in [2.05, 4.69) is 71.6 Å². The van der Waals surface area contributed by atoms with Crippen LogP contribution in [0, 0.1) is 46.3 Å². The lowest BCUT2D eigenvalue weighted by molar-refractivity contribution is -0.0651. The zero-order chi connectivity index (χ0) is 45.5. The van der Waals surface area contributed by atoms with Gasteiger partial charge in [0.2, 0.25) is 0 Å². The van der Waals surface area contributed by atoms with Crippen LogP contribution in [-0.2, 0) is 18.9 Å². The Morgan fingerprint density at radius 2 is 1.41 bits per heavy atom. The molecule has 1 aliphatic heterocycles. The van der Waals surface area contributed by atoms with Gasteiger partial charge in [-0.2, -0.15) is 0 Å². The molecular formula is C59H107NO4. The summed E-state index contributed by atoms with van der Waals surface area (Å²) >= 11 is 0. The number of ether oxygens (including phenoxy) is 4. The van der Waals surface area contributed by atoms with Gasteiger partial charge in [0, 0.05) is 45.6 Å². The van der Waals surface area contributed by atoms with Gasteiger partial charge in [0.15, 0.2) is 0 Å². The third-order valence-corrected chi connectivity index (χ3v) is 18.1. The summed E-state index contributed by atoms with van der Waals surface area (Å²) < 4.78 is 25.3. The average molecular weight is 895 g/mol. The molecule has 0 N–H and O–H groups in total. The van der Waals surface area contributed by atoms with Crippen molar-refractivity contribution >= 4 is 0 Å². The molecule has 5 nitrogen and oxygen atoms in total. The lowest BCUT2D eigenvalue weighted by Gasteiger charge is -2.58. The molecule has 5 heteroatoms. The number of rotatable bonds is 35. The maximum atomic E-state index is 6.56. The fraction of sp³-hybridized carbons (Fsp3) is 0.932. The van der Waals surface area contributed by atoms with Crippen LogP contribution in [0.2, 0.25) is 0 Å². The Morgan fingerprint density at radius 3 is 2.12 bits per heavy atom. The number of fused-ring (bicyclic) bond motifs is 5. The summed E-state index contributed by atoms with van der Waals surface area (Å²) in [4.78, 5) is 2.61. The summed E-state index contributed by atoms with van der Waals surface area (Å²) in [6.07, 6.45) is 46.6. The molecule has 0 spiro atoms. The van der Waals surface area contributed by atoms with Gasteiger partial charge in [-0.1, -0.05) is 142 Å². The first-order valence-corrected chi connectivity index (χ1v) is 28.6. The molecular weight excluding hydrogens is 787 g/mol. The Bertz CT molecular complexity index is 1280. The van der Waals surface area contributed by atoms with Crippen LogP contribution in [0.5, 0.6) is 0 Å². The van der Waals surface area contributed by atoms with Crippen molar-refractivity contribution < 1.29 is 18.9 Å². The minimum absolute atomic E-state index is 0.150. The molecule has 0 aromatic carbocycles. The first kappa shape index (κ1) is 54.2. The minimum Gasteiger partial charge on any atom is -0.381 e. The largest absolute Gasteiger partial charge is 0.381 e. The highest BCUT2D eigenvalue weighted by molar-refractivity contribution is 5.25. The standard InChI is InChI=1S/C59H107NO4/c1-8-9-10-11-12-13-14-15-16-17-18-19-20-21-22-23-40-62-47-53(46-60-39-25-30-50(60)5)64-44-27-42-61-41-26-43-63-52-35-37-58(6)51(45-52)31-32-54-56-34-33-55(49(4)29-24-28-48(2)3)59(56,7)38-36-57(54)58/h15-16,31,48-50,52-57H,8-14,17-30,32-47H2,1-7H3/b16-15-/t49-,50?,52+,53?,54+,55-,56+,57+,58+,59-/m1/s1. The lowest BCUT2D eigenvalue weighted by Crippen LogP contribution is -2.51. The molecule has 4 aliphatic carbocycles. The zero-order valence-corrected chi connectivity index (χ0v) is 43.7. The van der Waals surface area contributed by atoms with Gasteiger partial charge in [-0.3, -0.25) is 4.90 Å². The highest BCUT2D eigenvalue weighted by Gasteiger charge is 2.59. The predicted molar refractivity (Wildman–Crippen MR) is 273 cm³/mol. The van der Waals surface area contributed by atoms with E-state index in [-0.39, 0.29) is 6.10 Å². The predicted octanol–water partition coefficient (Wildman–Crippen LogP) is 16.1. The van der Waals surface area contributed by atoms with Gasteiger partial charge in [-0.25, -0.2) is 0 Å². The molecule has 1 heterocycles. The Labute approximate surface area is 398 Å². The van der Waals surface area contributed by atoms with Crippen LogP contribution < -0.4 is 0 Å². The van der Waals surface area contributed by atoms with E-state index < -0.39 is 0 Å². The van der Waals surface area contributed by atoms with E-state index in [0.29, 0.717) is 29.6 Å². The Morgan fingerprint density at radius 1 is 0.703 bits per heavy atom. The zero-order valence-electron chi connectivity index (χ0n) is 43.7. The van der Waals surface area contributed by atoms with Gasteiger partial charge in [0.05, 0.1) is 18.8 Å². The number of likely N-dealkylation sites (tertiary alicyclic amines) is 1. The van der Waals surface area contributed by atoms with E-state index >= 15 is 0 Å². The molecule has 0 bridgehead atoms. The normalized spacial score (nSPS) is 30.5. The van der Waals surface area contributed by atoms with Gasteiger partial charge in [-0.05, 0) is 169 Å². The van der Waals surface area contributed by atoms with Crippen LogP contribution in [0.4, 0.5) is 0 Å². The molecule has 64 heavy (non-hydrogen) atoms. The minimum atomic E-state index is 0.150. The van der Waals surface area contributed by atoms with Gasteiger partial charge >= 0.3 is 0 Å². The Balaban J connectivity index is 0.882. The van der Waals surface area contributed by atoms with Gasteiger partial charge < -0.3 is 18.9 Å². The average Bonchev–Trinajstić information content (AvgIpc) is 3.86. The fourth-order valence-electron chi connectivity index (χ4n) is 14.1. The quantitative estimate of drug-likeness (QED) is 0.0468. The van der Waals surface area contributed by atoms with E-state index in [0.717, 1.165) is 94.3 Å². The summed E-state index contributed by atoms with van der Waals surface area (Å²) in [7, 11) is 0.